The summed E-state index contributed by atoms with van der Waals surface area (Å²) < 4.78 is 37.7. The van der Waals surface area contributed by atoms with Gasteiger partial charge in [-0.05, 0) is 42.8 Å². The van der Waals surface area contributed by atoms with Gasteiger partial charge in [0, 0.05) is 16.1 Å². The van der Waals surface area contributed by atoms with Crippen LogP contribution in [0.15, 0.2) is 53.9 Å². The summed E-state index contributed by atoms with van der Waals surface area (Å²) in [7, 11) is -3.39. The lowest BCUT2D eigenvalue weighted by Gasteiger charge is -2.28. The predicted octanol–water partition coefficient (Wildman–Crippen LogP) is 3.75. The van der Waals surface area contributed by atoms with Gasteiger partial charge in [0.05, 0.1) is 17.4 Å². The summed E-state index contributed by atoms with van der Waals surface area (Å²) in [6.45, 7) is 1.81. The van der Waals surface area contributed by atoms with Gasteiger partial charge in [0.25, 0.3) is 5.91 Å². The van der Waals surface area contributed by atoms with Gasteiger partial charge in [0.15, 0.2) is 9.84 Å². The minimum Gasteiger partial charge on any atom is -0.300 e. The van der Waals surface area contributed by atoms with Crippen LogP contribution < -0.4 is 4.90 Å². The number of halogens is 2. The van der Waals surface area contributed by atoms with Gasteiger partial charge in [0.2, 0.25) is 0 Å². The molecule has 1 amide bonds. The lowest BCUT2D eigenvalue weighted by Crippen LogP contribution is -2.41. The summed E-state index contributed by atoms with van der Waals surface area (Å²) in [4.78, 5) is 14.2. The van der Waals surface area contributed by atoms with E-state index in [0.717, 1.165) is 11.0 Å². The van der Waals surface area contributed by atoms with Gasteiger partial charge in [0.1, 0.15) is 5.82 Å². The summed E-state index contributed by atoms with van der Waals surface area (Å²) in [5, 5.41) is 1.52. The molecule has 1 heterocycles. The van der Waals surface area contributed by atoms with Gasteiger partial charge in [-0.15, -0.1) is 0 Å². The van der Waals surface area contributed by atoms with Gasteiger partial charge < -0.3 is 4.90 Å². The van der Waals surface area contributed by atoms with E-state index in [1.165, 1.54) is 29.2 Å². The number of carbonyl (C=O) groups excluding carboxylic acids is 1. The van der Waals surface area contributed by atoms with E-state index in [1.54, 1.807) is 24.3 Å². The third-order valence-electron chi connectivity index (χ3n) is 4.00. The number of hydrogen-bond acceptors (Lipinski definition) is 3. The fraction of sp³-hybridized carbons (Fsp3) is 0.167. The maximum atomic E-state index is 14.1. The molecule has 1 aliphatic heterocycles. The molecule has 130 valence electrons. The second kappa shape index (κ2) is 6.61. The minimum atomic E-state index is -3.39. The number of anilines is 1. The second-order valence-electron chi connectivity index (χ2n) is 5.81. The van der Waals surface area contributed by atoms with Crippen LogP contribution in [0.3, 0.4) is 0 Å². The Morgan fingerprint density at radius 1 is 1.24 bits per heavy atom. The van der Waals surface area contributed by atoms with Crippen LogP contribution in [0.4, 0.5) is 10.1 Å². The molecule has 0 aromatic heterocycles. The standard InChI is InChI=1S/C18H15ClFNO3S/c1-12-6-7-13(10-16(12)19)21(14-8-9-25(23,24)11-14)18(22)15-4-2-3-5-17(15)20/h2-10,14H,11H2,1H3. The number of hydrogen-bond donors (Lipinski definition) is 0. The van der Waals surface area contributed by atoms with Crippen molar-refractivity contribution in [2.45, 2.75) is 13.0 Å². The molecule has 0 bridgehead atoms. The monoisotopic (exact) mass is 379 g/mol. The molecule has 2 aromatic carbocycles. The third-order valence-corrected chi connectivity index (χ3v) is 5.78. The minimum absolute atomic E-state index is 0.128. The summed E-state index contributed by atoms with van der Waals surface area (Å²) in [6, 6.07) is 9.84. The number of aryl methyl sites for hydroxylation is 1. The summed E-state index contributed by atoms with van der Waals surface area (Å²) in [5.41, 5.74) is 1.10. The molecule has 0 N–H and O–H groups in total. The van der Waals surface area contributed by atoms with Crippen LogP contribution in [-0.2, 0) is 9.84 Å². The van der Waals surface area contributed by atoms with Gasteiger partial charge >= 0.3 is 0 Å². The van der Waals surface area contributed by atoms with Gasteiger partial charge in [-0.2, -0.15) is 0 Å². The average Bonchev–Trinajstić information content (AvgIpc) is 2.91. The molecule has 25 heavy (non-hydrogen) atoms. The molecule has 1 atom stereocenters. The maximum Gasteiger partial charge on any atom is 0.261 e. The number of sulfone groups is 1. The summed E-state index contributed by atoms with van der Waals surface area (Å²) >= 11 is 6.15. The highest BCUT2D eigenvalue weighted by Crippen LogP contribution is 2.29. The predicted molar refractivity (Wildman–Crippen MR) is 96.1 cm³/mol. The van der Waals surface area contributed by atoms with Crippen molar-refractivity contribution in [1.29, 1.82) is 0 Å². The maximum absolute atomic E-state index is 14.1. The molecular weight excluding hydrogens is 365 g/mol. The van der Waals surface area contributed by atoms with Crippen molar-refractivity contribution in [3.05, 3.63) is 75.9 Å². The van der Waals surface area contributed by atoms with Gasteiger partial charge in [-0.3, -0.25) is 4.79 Å². The average molecular weight is 380 g/mol. The SMILES string of the molecule is Cc1ccc(N(C(=O)c2ccccc2F)C2C=CS(=O)(=O)C2)cc1Cl. The first-order valence-corrected chi connectivity index (χ1v) is 9.63. The van der Waals surface area contributed by atoms with Crippen molar-refractivity contribution in [1.82, 2.24) is 0 Å². The number of benzene rings is 2. The van der Waals surface area contributed by atoms with Crippen LogP contribution >= 0.6 is 11.6 Å². The van der Waals surface area contributed by atoms with Crippen molar-refractivity contribution >= 4 is 33.0 Å². The van der Waals surface area contributed by atoms with Crippen molar-refractivity contribution in [2.24, 2.45) is 0 Å². The molecule has 1 aliphatic rings. The van der Waals surface area contributed by atoms with E-state index in [-0.39, 0.29) is 11.3 Å². The Labute approximate surface area is 150 Å². The Kier molecular flexibility index (Phi) is 4.67. The molecule has 0 aliphatic carbocycles. The molecule has 4 nitrogen and oxygen atoms in total. The Balaban J connectivity index is 2.09. The third kappa shape index (κ3) is 3.60. The summed E-state index contributed by atoms with van der Waals surface area (Å²) in [6.07, 6.45) is 1.43. The van der Waals surface area contributed by atoms with E-state index in [9.17, 15) is 17.6 Å². The highest BCUT2D eigenvalue weighted by Gasteiger charge is 2.33. The smallest absolute Gasteiger partial charge is 0.261 e. The summed E-state index contributed by atoms with van der Waals surface area (Å²) in [5.74, 6) is -1.54. The molecular formula is C18H15ClFNO3S. The van der Waals surface area contributed by atoms with E-state index in [1.807, 2.05) is 6.92 Å². The Bertz CT molecular complexity index is 972. The molecule has 0 saturated carbocycles. The Morgan fingerprint density at radius 2 is 1.96 bits per heavy atom. The van der Waals surface area contributed by atoms with Crippen LogP contribution in [0, 0.1) is 12.7 Å². The number of carbonyl (C=O) groups is 1. The van der Waals surface area contributed by atoms with Crippen molar-refractivity contribution in [2.75, 3.05) is 10.7 Å². The zero-order valence-corrected chi connectivity index (χ0v) is 14.9. The lowest BCUT2D eigenvalue weighted by molar-refractivity contribution is 0.0979. The zero-order chi connectivity index (χ0) is 18.2. The molecule has 0 spiro atoms. The highest BCUT2D eigenvalue weighted by atomic mass is 35.5. The lowest BCUT2D eigenvalue weighted by atomic mass is 10.1. The van der Waals surface area contributed by atoms with E-state index in [2.05, 4.69) is 0 Å². The fourth-order valence-corrected chi connectivity index (χ4v) is 4.12. The van der Waals surface area contributed by atoms with Crippen LogP contribution in [0.2, 0.25) is 5.02 Å². The van der Waals surface area contributed by atoms with E-state index < -0.39 is 27.6 Å². The second-order valence-corrected chi connectivity index (χ2v) is 8.15. The van der Waals surface area contributed by atoms with Crippen molar-refractivity contribution in [3.63, 3.8) is 0 Å². The topological polar surface area (TPSA) is 54.5 Å². The van der Waals surface area contributed by atoms with E-state index in [0.29, 0.717) is 10.7 Å². The highest BCUT2D eigenvalue weighted by molar-refractivity contribution is 7.94. The molecule has 7 heteroatoms. The van der Waals surface area contributed by atoms with Crippen LogP contribution in [0.1, 0.15) is 15.9 Å². The molecule has 3 rings (SSSR count). The number of amides is 1. The Morgan fingerprint density at radius 3 is 2.56 bits per heavy atom. The quantitative estimate of drug-likeness (QED) is 0.816. The van der Waals surface area contributed by atoms with E-state index in [4.69, 9.17) is 11.6 Å². The first-order valence-electron chi connectivity index (χ1n) is 7.54. The molecule has 0 saturated heterocycles. The largest absolute Gasteiger partial charge is 0.300 e. The fourth-order valence-electron chi connectivity index (χ4n) is 2.68. The van der Waals surface area contributed by atoms with Crippen molar-refractivity contribution in [3.8, 4) is 0 Å². The normalized spacial score (nSPS) is 18.3. The van der Waals surface area contributed by atoms with Gasteiger partial charge in [-0.1, -0.05) is 29.8 Å². The van der Waals surface area contributed by atoms with Crippen LogP contribution in [-0.4, -0.2) is 26.1 Å². The molecule has 2 aromatic rings. The first-order chi connectivity index (χ1) is 11.8. The molecule has 0 fully saturated rings. The van der Waals surface area contributed by atoms with E-state index >= 15 is 0 Å². The first kappa shape index (κ1) is 17.6. The van der Waals surface area contributed by atoms with Crippen LogP contribution in [0.5, 0.6) is 0 Å². The zero-order valence-electron chi connectivity index (χ0n) is 13.3. The van der Waals surface area contributed by atoms with Gasteiger partial charge in [-0.25, -0.2) is 12.8 Å². The number of nitrogens with zero attached hydrogens (tertiary/aromatic N) is 1. The van der Waals surface area contributed by atoms with Crippen molar-refractivity contribution < 1.29 is 17.6 Å². The molecule has 1 unspecified atom stereocenters. The molecule has 0 radical (unpaired) electrons. The van der Waals surface area contributed by atoms with Crippen LogP contribution in [0.25, 0.3) is 0 Å². The number of rotatable bonds is 3. The Hall–Kier alpha value is -2.18.